The maximum Gasteiger partial charge on any atom is 0.252 e. The Morgan fingerprint density at radius 2 is 1.94 bits per heavy atom. The summed E-state index contributed by atoms with van der Waals surface area (Å²) >= 11 is 0. The fourth-order valence-corrected chi connectivity index (χ4v) is 3.86. The molecule has 2 atom stereocenters. The number of aromatic nitrogens is 2. The molecule has 0 spiro atoms. The summed E-state index contributed by atoms with van der Waals surface area (Å²) in [5.41, 5.74) is 9.83. The zero-order valence-corrected chi connectivity index (χ0v) is 17.8. The van der Waals surface area contributed by atoms with Crippen LogP contribution >= 0.6 is 0 Å². The quantitative estimate of drug-likeness (QED) is 0.517. The smallest absolute Gasteiger partial charge is 0.252 e. The van der Waals surface area contributed by atoms with Crippen LogP contribution in [0.25, 0.3) is 16.6 Å². The lowest BCUT2D eigenvalue weighted by atomic mass is 10.1. The van der Waals surface area contributed by atoms with Crippen LogP contribution in [0.2, 0.25) is 0 Å². The number of hydrogen-bond donors (Lipinski definition) is 3. The van der Waals surface area contributed by atoms with Gasteiger partial charge in [0.05, 0.1) is 29.0 Å². The number of benzene rings is 1. The van der Waals surface area contributed by atoms with Gasteiger partial charge < -0.3 is 16.4 Å². The van der Waals surface area contributed by atoms with Crippen molar-refractivity contribution in [2.24, 2.45) is 5.73 Å². The molecule has 8 heteroatoms. The molecule has 2 aromatic heterocycles. The van der Waals surface area contributed by atoms with Crippen molar-refractivity contribution in [1.29, 1.82) is 0 Å². The highest BCUT2D eigenvalue weighted by Gasteiger charge is 2.29. The predicted octanol–water partition coefficient (Wildman–Crippen LogP) is 3.29. The summed E-state index contributed by atoms with van der Waals surface area (Å²) in [6.07, 6.45) is 12.3. The minimum Gasteiger partial charge on any atom is -0.377 e. The molecule has 166 valence electrons. The first kappa shape index (κ1) is 22.8. The second-order valence-corrected chi connectivity index (χ2v) is 7.66. The van der Waals surface area contributed by atoms with E-state index < -0.39 is 12.1 Å². The van der Waals surface area contributed by atoms with E-state index in [1.54, 1.807) is 4.52 Å². The van der Waals surface area contributed by atoms with E-state index in [2.05, 4.69) is 28.6 Å². The van der Waals surface area contributed by atoms with Gasteiger partial charge in [-0.25, -0.2) is 8.91 Å². The van der Waals surface area contributed by atoms with Gasteiger partial charge in [-0.1, -0.05) is 24.3 Å². The number of hydrogen-bond acceptors (Lipinski definition) is 4. The van der Waals surface area contributed by atoms with E-state index in [0.29, 0.717) is 30.6 Å². The van der Waals surface area contributed by atoms with E-state index in [4.69, 9.17) is 5.73 Å². The van der Waals surface area contributed by atoms with Gasteiger partial charge in [0.2, 0.25) is 5.91 Å². The number of fused-ring (bicyclic) bond motifs is 1. The van der Waals surface area contributed by atoms with E-state index in [-0.39, 0.29) is 17.5 Å². The number of anilines is 1. The third-order valence-corrected chi connectivity index (χ3v) is 5.49. The summed E-state index contributed by atoms with van der Waals surface area (Å²) in [4.78, 5) is 23.0. The lowest BCUT2D eigenvalue weighted by Crippen LogP contribution is -2.27. The van der Waals surface area contributed by atoms with Crippen LogP contribution in [0.15, 0.2) is 42.7 Å². The molecule has 0 radical (unpaired) electrons. The highest BCUT2D eigenvalue weighted by molar-refractivity contribution is 6.02. The maximum atomic E-state index is 14.2. The molecule has 0 bridgehead atoms. The number of terminal acetylenes is 1. The summed E-state index contributed by atoms with van der Waals surface area (Å²) in [6.45, 7) is 1.95. The molecule has 3 aromatic rings. The lowest BCUT2D eigenvalue weighted by molar-refractivity contribution is -0.119. The van der Waals surface area contributed by atoms with Gasteiger partial charge in [-0.3, -0.25) is 9.59 Å². The van der Waals surface area contributed by atoms with Crippen LogP contribution in [0, 0.1) is 12.8 Å². The summed E-state index contributed by atoms with van der Waals surface area (Å²) < 4.78 is 15.9. The minimum atomic E-state index is -0.954. The van der Waals surface area contributed by atoms with Crippen LogP contribution < -0.4 is 16.4 Å². The van der Waals surface area contributed by atoms with Crippen molar-refractivity contribution in [3.8, 4) is 24.0 Å². The Balaban J connectivity index is 0.00000141. The van der Waals surface area contributed by atoms with Crippen molar-refractivity contribution in [3.05, 3.63) is 53.9 Å². The summed E-state index contributed by atoms with van der Waals surface area (Å²) in [7, 11) is 0. The normalized spacial score (nSPS) is 17.4. The monoisotopic (exact) mass is 435 g/mol. The molecule has 1 aliphatic carbocycles. The Kier molecular flexibility index (Phi) is 7.11. The molecular weight excluding hydrogens is 409 g/mol. The Morgan fingerprint density at radius 3 is 2.53 bits per heavy atom. The van der Waals surface area contributed by atoms with E-state index in [1.807, 2.05) is 36.5 Å². The highest BCUT2D eigenvalue weighted by Crippen LogP contribution is 2.32. The van der Waals surface area contributed by atoms with Crippen molar-refractivity contribution in [1.82, 2.24) is 14.9 Å². The molecule has 1 aromatic carbocycles. The van der Waals surface area contributed by atoms with Crippen molar-refractivity contribution < 1.29 is 14.0 Å². The summed E-state index contributed by atoms with van der Waals surface area (Å²) in [5.74, 6) is -0.683. The van der Waals surface area contributed by atoms with E-state index in [1.165, 1.54) is 13.1 Å². The number of nitrogens with two attached hydrogens (primary N) is 1. The van der Waals surface area contributed by atoms with Crippen molar-refractivity contribution in [3.63, 3.8) is 0 Å². The van der Waals surface area contributed by atoms with Gasteiger partial charge in [-0.2, -0.15) is 5.10 Å². The van der Waals surface area contributed by atoms with Gasteiger partial charge in [0.15, 0.2) is 0 Å². The molecule has 1 fully saturated rings. The number of rotatable bonds is 6. The molecule has 1 saturated carbocycles. The number of amides is 2. The number of carbonyl (C=O) groups excluding carboxylic acids is 2. The van der Waals surface area contributed by atoms with Crippen molar-refractivity contribution in [2.75, 3.05) is 5.32 Å². The van der Waals surface area contributed by atoms with Crippen LogP contribution in [0.1, 0.15) is 42.1 Å². The van der Waals surface area contributed by atoms with Crippen LogP contribution in [0.4, 0.5) is 10.1 Å². The van der Waals surface area contributed by atoms with Crippen LogP contribution in [-0.2, 0) is 11.3 Å². The van der Waals surface area contributed by atoms with Crippen LogP contribution in [0.5, 0.6) is 0 Å². The molecule has 0 saturated heterocycles. The lowest BCUT2D eigenvalue weighted by Gasteiger charge is -2.19. The van der Waals surface area contributed by atoms with Crippen molar-refractivity contribution >= 4 is 23.0 Å². The molecule has 2 amide bonds. The Hall–Kier alpha value is -3.86. The molecule has 1 aliphatic rings. The topological polar surface area (TPSA) is 102 Å². The van der Waals surface area contributed by atoms with E-state index in [0.717, 1.165) is 23.1 Å². The first-order valence-corrected chi connectivity index (χ1v) is 10.3. The number of carbonyl (C=O) groups is 2. The largest absolute Gasteiger partial charge is 0.377 e. The maximum absolute atomic E-state index is 14.2. The average molecular weight is 436 g/mol. The molecule has 4 N–H and O–H groups in total. The number of nitrogens with zero attached hydrogens (tertiary/aromatic N) is 2. The third kappa shape index (κ3) is 4.89. The van der Waals surface area contributed by atoms with Crippen molar-refractivity contribution in [2.45, 2.75) is 44.9 Å². The molecule has 7 nitrogen and oxygen atoms in total. The number of alkyl halides is 1. The molecule has 32 heavy (non-hydrogen) atoms. The second-order valence-electron chi connectivity index (χ2n) is 7.66. The zero-order chi connectivity index (χ0) is 23.3. The minimum absolute atomic E-state index is 0.0769. The Morgan fingerprint density at radius 1 is 1.22 bits per heavy atom. The molecule has 2 heterocycles. The molecule has 0 unspecified atom stereocenters. The molecule has 4 rings (SSSR count). The van der Waals surface area contributed by atoms with Gasteiger partial charge in [0, 0.05) is 25.2 Å². The first-order valence-electron chi connectivity index (χ1n) is 10.3. The van der Waals surface area contributed by atoms with Gasteiger partial charge in [0.25, 0.3) is 5.91 Å². The predicted molar refractivity (Wildman–Crippen MR) is 123 cm³/mol. The van der Waals surface area contributed by atoms with E-state index >= 15 is 0 Å². The fraction of sp³-hybridized carbons (Fsp3) is 0.292. The second kappa shape index (κ2) is 9.96. The standard InChI is InChI=1S/C22H24FN5O2.C2H2/c1-13(29)25-10-14-5-7-15(8-6-14)16-9-20-21(27-19-4-2-3-18(19)23)17(22(24)30)11-26-28(20)12-16;1-2/h5-9,11-12,18-19,27H,2-4,10H2,1H3,(H2,24,30)(H,25,29);1-2H/t18-,19+;/m0./s1. The fourth-order valence-electron chi connectivity index (χ4n) is 3.86. The van der Waals surface area contributed by atoms with Gasteiger partial charge >= 0.3 is 0 Å². The number of primary amides is 1. The molecular formula is C24H26FN5O2. The van der Waals surface area contributed by atoms with Gasteiger partial charge in [-0.05, 0) is 36.5 Å². The summed E-state index contributed by atoms with van der Waals surface area (Å²) in [6, 6.07) is 9.38. The Bertz CT molecular complexity index is 1140. The van der Waals surface area contributed by atoms with E-state index in [9.17, 15) is 14.0 Å². The number of halogens is 1. The number of nitrogens with one attached hydrogen (secondary N) is 2. The molecule has 0 aliphatic heterocycles. The third-order valence-electron chi connectivity index (χ3n) is 5.49. The summed E-state index contributed by atoms with van der Waals surface area (Å²) in [5, 5.41) is 10.3. The Labute approximate surface area is 186 Å². The van der Waals surface area contributed by atoms with Gasteiger partial charge in [-0.15, -0.1) is 12.8 Å². The zero-order valence-electron chi connectivity index (χ0n) is 17.8. The highest BCUT2D eigenvalue weighted by atomic mass is 19.1. The van der Waals surface area contributed by atoms with Gasteiger partial charge in [0.1, 0.15) is 6.17 Å². The first-order chi connectivity index (χ1) is 15.4. The SMILES string of the molecule is C#C.CC(=O)NCc1ccc(-c2cc3c(N[C@@H]4CCC[C@@H]4F)c(C(N)=O)cnn3c2)cc1. The van der Waals surface area contributed by atoms with Crippen LogP contribution in [0.3, 0.4) is 0 Å². The van der Waals surface area contributed by atoms with Crippen LogP contribution in [-0.4, -0.2) is 33.6 Å². The average Bonchev–Trinajstić information content (AvgIpc) is 3.40.